The van der Waals surface area contributed by atoms with Gasteiger partial charge in [-0.1, -0.05) is 12.1 Å². The van der Waals surface area contributed by atoms with Crippen molar-refractivity contribution >= 4 is 6.21 Å². The van der Waals surface area contributed by atoms with Gasteiger partial charge < -0.3 is 0 Å². The lowest BCUT2D eigenvalue weighted by Crippen LogP contribution is -2.24. The molecule has 0 spiro atoms. The molecule has 1 aromatic carbocycles. The zero-order valence-corrected chi connectivity index (χ0v) is 10.4. The summed E-state index contributed by atoms with van der Waals surface area (Å²) in [6.07, 6.45) is 9.82. The van der Waals surface area contributed by atoms with Crippen LogP contribution in [0.25, 0.3) is 0 Å². The fourth-order valence-electron chi connectivity index (χ4n) is 2.81. The highest BCUT2D eigenvalue weighted by atomic mass is 15.4. The number of benzene rings is 1. The molecule has 0 N–H and O–H groups in total. The maximum absolute atomic E-state index is 4.59. The topological polar surface area (TPSA) is 15.6 Å². The minimum atomic E-state index is 1.13. The van der Waals surface area contributed by atoms with Crippen molar-refractivity contribution in [1.29, 1.82) is 0 Å². The summed E-state index contributed by atoms with van der Waals surface area (Å²) in [5.74, 6) is 0. The van der Waals surface area contributed by atoms with Gasteiger partial charge >= 0.3 is 0 Å². The predicted octanol–water partition coefficient (Wildman–Crippen LogP) is 3.00. The van der Waals surface area contributed by atoms with Crippen LogP contribution in [0.15, 0.2) is 23.3 Å². The first-order valence-electron chi connectivity index (χ1n) is 6.82. The third kappa shape index (κ3) is 2.51. The summed E-state index contributed by atoms with van der Waals surface area (Å²) in [7, 11) is 0. The van der Waals surface area contributed by atoms with Crippen LogP contribution >= 0.6 is 0 Å². The molecule has 2 heteroatoms. The number of aryl methyl sites for hydroxylation is 2. The summed E-state index contributed by atoms with van der Waals surface area (Å²) in [6, 6.07) is 6.80. The van der Waals surface area contributed by atoms with Crippen LogP contribution in [0.3, 0.4) is 0 Å². The van der Waals surface area contributed by atoms with Gasteiger partial charge in [0.05, 0.1) is 6.21 Å². The Labute approximate surface area is 103 Å². The van der Waals surface area contributed by atoms with Crippen LogP contribution in [0.4, 0.5) is 0 Å². The number of rotatable bonds is 2. The smallest absolute Gasteiger partial charge is 0.0543 e. The lowest BCUT2D eigenvalue weighted by Gasteiger charge is -2.23. The summed E-state index contributed by atoms with van der Waals surface area (Å²) in [4.78, 5) is 0. The van der Waals surface area contributed by atoms with E-state index in [4.69, 9.17) is 0 Å². The lowest BCUT2D eigenvalue weighted by atomic mass is 10.1. The van der Waals surface area contributed by atoms with E-state index in [9.17, 15) is 0 Å². The fraction of sp³-hybridized carbons (Fsp3) is 0.533. The summed E-state index contributed by atoms with van der Waals surface area (Å²) < 4.78 is 0. The standard InChI is InChI=1S/C15H20N2/c1-2-9-17(10-3-1)16-12-13-7-8-14-5-4-6-15(14)11-13/h7-8,11-12H,1-6,9-10H2/b16-12-. The number of hydrogen-bond acceptors (Lipinski definition) is 2. The van der Waals surface area contributed by atoms with Crippen LogP contribution in [-0.4, -0.2) is 24.3 Å². The molecule has 1 aliphatic heterocycles. The van der Waals surface area contributed by atoms with Crippen LogP contribution in [0.1, 0.15) is 42.4 Å². The Morgan fingerprint density at radius 3 is 2.65 bits per heavy atom. The van der Waals surface area contributed by atoms with E-state index in [1.54, 1.807) is 5.56 Å². The van der Waals surface area contributed by atoms with Gasteiger partial charge in [-0.2, -0.15) is 5.10 Å². The molecule has 2 aliphatic rings. The van der Waals surface area contributed by atoms with Gasteiger partial charge in [0.1, 0.15) is 0 Å². The number of piperidine rings is 1. The van der Waals surface area contributed by atoms with Crippen molar-refractivity contribution in [2.75, 3.05) is 13.1 Å². The van der Waals surface area contributed by atoms with Crippen LogP contribution in [0.5, 0.6) is 0 Å². The monoisotopic (exact) mass is 228 g/mol. The maximum Gasteiger partial charge on any atom is 0.0543 e. The number of nitrogens with zero attached hydrogens (tertiary/aromatic N) is 2. The van der Waals surface area contributed by atoms with Gasteiger partial charge in [0.25, 0.3) is 0 Å². The second kappa shape index (κ2) is 4.91. The van der Waals surface area contributed by atoms with Crippen LogP contribution < -0.4 is 0 Å². The van der Waals surface area contributed by atoms with E-state index in [-0.39, 0.29) is 0 Å². The molecule has 0 unspecified atom stereocenters. The summed E-state index contributed by atoms with van der Waals surface area (Å²) in [5.41, 5.74) is 4.34. The van der Waals surface area contributed by atoms with Crippen molar-refractivity contribution in [2.24, 2.45) is 5.10 Å². The minimum absolute atomic E-state index is 1.13. The third-order valence-electron chi connectivity index (χ3n) is 3.83. The third-order valence-corrected chi connectivity index (χ3v) is 3.83. The largest absolute Gasteiger partial charge is 0.297 e. The molecule has 0 radical (unpaired) electrons. The molecule has 1 fully saturated rings. The minimum Gasteiger partial charge on any atom is -0.297 e. The van der Waals surface area contributed by atoms with Gasteiger partial charge in [-0.25, -0.2) is 0 Å². The van der Waals surface area contributed by atoms with E-state index in [1.807, 2.05) is 6.21 Å². The van der Waals surface area contributed by atoms with Gasteiger partial charge in [0.15, 0.2) is 0 Å². The van der Waals surface area contributed by atoms with Gasteiger partial charge in [0.2, 0.25) is 0 Å². The van der Waals surface area contributed by atoms with Crippen LogP contribution in [0, 0.1) is 0 Å². The van der Waals surface area contributed by atoms with E-state index in [0.717, 1.165) is 13.1 Å². The average Bonchev–Trinajstić information content (AvgIpc) is 2.85. The van der Waals surface area contributed by atoms with Crippen molar-refractivity contribution < 1.29 is 0 Å². The van der Waals surface area contributed by atoms with Crippen LogP contribution in [-0.2, 0) is 12.8 Å². The zero-order valence-electron chi connectivity index (χ0n) is 10.4. The van der Waals surface area contributed by atoms with E-state index < -0.39 is 0 Å². The molecule has 0 atom stereocenters. The normalized spacial score (nSPS) is 19.9. The molecule has 2 nitrogen and oxygen atoms in total. The van der Waals surface area contributed by atoms with Gasteiger partial charge in [0, 0.05) is 13.1 Å². The fourth-order valence-corrected chi connectivity index (χ4v) is 2.81. The molecule has 1 saturated heterocycles. The van der Waals surface area contributed by atoms with Crippen molar-refractivity contribution in [2.45, 2.75) is 38.5 Å². The molecule has 17 heavy (non-hydrogen) atoms. The Morgan fingerprint density at radius 2 is 1.76 bits per heavy atom. The average molecular weight is 228 g/mol. The molecule has 0 aromatic heterocycles. The highest BCUT2D eigenvalue weighted by Crippen LogP contribution is 2.22. The number of hydrogen-bond donors (Lipinski definition) is 0. The molecule has 0 bridgehead atoms. The Morgan fingerprint density at radius 1 is 0.941 bits per heavy atom. The molecule has 0 saturated carbocycles. The number of fused-ring (bicyclic) bond motifs is 1. The van der Waals surface area contributed by atoms with Crippen molar-refractivity contribution in [3.05, 3.63) is 34.9 Å². The second-order valence-corrected chi connectivity index (χ2v) is 5.14. The molecule has 1 aromatic rings. The molecular formula is C15H20N2. The zero-order chi connectivity index (χ0) is 11.5. The lowest BCUT2D eigenvalue weighted by molar-refractivity contribution is 0.240. The Kier molecular flexibility index (Phi) is 3.12. The summed E-state index contributed by atoms with van der Waals surface area (Å²) >= 11 is 0. The molecule has 3 rings (SSSR count). The first-order valence-corrected chi connectivity index (χ1v) is 6.82. The maximum atomic E-state index is 4.59. The Balaban J connectivity index is 1.69. The van der Waals surface area contributed by atoms with Gasteiger partial charge in [-0.05, 0) is 61.3 Å². The van der Waals surface area contributed by atoms with Crippen molar-refractivity contribution in [1.82, 2.24) is 5.01 Å². The number of hydrazone groups is 1. The summed E-state index contributed by atoms with van der Waals surface area (Å²) in [6.45, 7) is 2.25. The predicted molar refractivity (Wildman–Crippen MR) is 71.5 cm³/mol. The highest BCUT2D eigenvalue weighted by molar-refractivity contribution is 5.80. The summed E-state index contributed by atoms with van der Waals surface area (Å²) in [5, 5.41) is 6.79. The Bertz CT molecular complexity index is 417. The quantitative estimate of drug-likeness (QED) is 0.710. The van der Waals surface area contributed by atoms with Crippen molar-refractivity contribution in [3.63, 3.8) is 0 Å². The molecule has 1 heterocycles. The van der Waals surface area contributed by atoms with Gasteiger partial charge in [-0.15, -0.1) is 0 Å². The van der Waals surface area contributed by atoms with Crippen molar-refractivity contribution in [3.8, 4) is 0 Å². The first-order chi connectivity index (χ1) is 8.42. The van der Waals surface area contributed by atoms with E-state index in [1.165, 1.54) is 49.7 Å². The second-order valence-electron chi connectivity index (χ2n) is 5.14. The van der Waals surface area contributed by atoms with Gasteiger partial charge in [-0.3, -0.25) is 5.01 Å². The molecule has 0 amide bonds. The molecule has 90 valence electrons. The highest BCUT2D eigenvalue weighted by Gasteiger charge is 2.10. The Hall–Kier alpha value is -1.31. The molecular weight excluding hydrogens is 208 g/mol. The van der Waals surface area contributed by atoms with E-state index in [2.05, 4.69) is 28.3 Å². The SMILES string of the molecule is C(=N/N1CCCCC1)/c1ccc2c(c1)CCC2. The van der Waals surface area contributed by atoms with Crippen LogP contribution in [0.2, 0.25) is 0 Å². The molecule has 1 aliphatic carbocycles. The first kappa shape index (κ1) is 10.8. The van der Waals surface area contributed by atoms with E-state index >= 15 is 0 Å². The van der Waals surface area contributed by atoms with E-state index in [0.29, 0.717) is 0 Å².